The number of H-pyrrole nitrogens is 1. The van der Waals surface area contributed by atoms with Crippen molar-refractivity contribution < 1.29 is 9.32 Å². The Hall–Kier alpha value is -2.25. The van der Waals surface area contributed by atoms with Gasteiger partial charge in [0.25, 0.3) is 11.7 Å². The van der Waals surface area contributed by atoms with Crippen molar-refractivity contribution in [3.05, 3.63) is 18.2 Å². The molecule has 2 heterocycles. The maximum atomic E-state index is 11.2. The van der Waals surface area contributed by atoms with Crippen LogP contribution < -0.4 is 5.32 Å². The lowest BCUT2D eigenvalue weighted by atomic mass is 10.5. The Labute approximate surface area is 71.3 Å². The van der Waals surface area contributed by atoms with Gasteiger partial charge in [0.2, 0.25) is 0 Å². The molecule has 8 nitrogen and oxygen atoms in total. The summed E-state index contributed by atoms with van der Waals surface area (Å²) < 4.78 is 4.50. The monoisotopic (exact) mass is 180 g/mol. The molecule has 0 bridgehead atoms. The van der Waals surface area contributed by atoms with Crippen molar-refractivity contribution in [2.24, 2.45) is 0 Å². The fourth-order valence-electron chi connectivity index (χ4n) is 0.707. The topological polar surface area (TPSA) is 110 Å². The van der Waals surface area contributed by atoms with Crippen LogP contribution >= 0.6 is 0 Å². The lowest BCUT2D eigenvalue weighted by Gasteiger charge is -1.93. The fourth-order valence-corrected chi connectivity index (χ4v) is 0.707. The van der Waals surface area contributed by atoms with E-state index in [1.807, 2.05) is 0 Å². The smallest absolute Gasteiger partial charge is 0.298 e. The molecular weight excluding hydrogens is 176 g/mol. The first kappa shape index (κ1) is 7.40. The minimum Gasteiger partial charge on any atom is -0.363 e. The first-order chi connectivity index (χ1) is 6.36. The van der Waals surface area contributed by atoms with E-state index >= 15 is 0 Å². The number of carbonyl (C=O) groups is 1. The van der Waals surface area contributed by atoms with Crippen molar-refractivity contribution in [1.82, 2.24) is 25.8 Å². The van der Waals surface area contributed by atoms with Crippen LogP contribution in [0.25, 0.3) is 0 Å². The second kappa shape index (κ2) is 3.01. The normalized spacial score (nSPS) is 9.85. The van der Waals surface area contributed by atoms with Gasteiger partial charge in [-0.25, -0.2) is 0 Å². The van der Waals surface area contributed by atoms with Gasteiger partial charge < -0.3 is 9.84 Å². The highest BCUT2D eigenvalue weighted by molar-refractivity contribution is 6.00. The highest BCUT2D eigenvalue weighted by atomic mass is 16.5. The number of hydrogen-bond acceptors (Lipinski definition) is 6. The molecule has 13 heavy (non-hydrogen) atoms. The Morgan fingerprint density at radius 2 is 2.54 bits per heavy atom. The van der Waals surface area contributed by atoms with Crippen LogP contribution in [-0.2, 0) is 0 Å². The van der Waals surface area contributed by atoms with E-state index < -0.39 is 5.91 Å². The largest absolute Gasteiger partial charge is 0.363 e. The van der Waals surface area contributed by atoms with Crippen molar-refractivity contribution in [1.29, 1.82) is 0 Å². The molecule has 0 radical (unpaired) electrons. The van der Waals surface area contributed by atoms with E-state index in [2.05, 4.69) is 35.6 Å². The van der Waals surface area contributed by atoms with Crippen LogP contribution in [0.2, 0.25) is 0 Å². The van der Waals surface area contributed by atoms with Gasteiger partial charge in [0.1, 0.15) is 6.26 Å². The molecule has 0 spiro atoms. The summed E-state index contributed by atoms with van der Waals surface area (Å²) in [5.74, 6) is -0.250. The number of nitrogens with one attached hydrogen (secondary N) is 2. The van der Waals surface area contributed by atoms with E-state index in [1.54, 1.807) is 0 Å². The summed E-state index contributed by atoms with van der Waals surface area (Å²) in [5.41, 5.74) is 0. The molecule has 8 heteroatoms. The SMILES string of the molecule is O=C(Nc1ccon1)c1nn[nH]n1. The lowest BCUT2D eigenvalue weighted by Crippen LogP contribution is -2.13. The third-order valence-corrected chi connectivity index (χ3v) is 1.23. The second-order valence-electron chi connectivity index (χ2n) is 2.07. The molecule has 0 atom stereocenters. The number of amides is 1. The van der Waals surface area contributed by atoms with Crippen LogP contribution in [0.1, 0.15) is 10.6 Å². The molecule has 2 rings (SSSR count). The molecule has 2 aromatic heterocycles. The van der Waals surface area contributed by atoms with Gasteiger partial charge in [-0.05, 0) is 5.21 Å². The summed E-state index contributed by atoms with van der Waals surface area (Å²) >= 11 is 0. The second-order valence-corrected chi connectivity index (χ2v) is 2.07. The standard InChI is InChI=1S/C5H4N6O2/c12-5(4-7-10-11-8-4)6-3-1-2-13-9-3/h1-2H,(H,6,9,12)(H,7,8,10,11). The summed E-state index contributed by atoms with van der Waals surface area (Å²) in [7, 11) is 0. The van der Waals surface area contributed by atoms with Crippen LogP contribution in [0.4, 0.5) is 5.82 Å². The average molecular weight is 180 g/mol. The third-order valence-electron chi connectivity index (χ3n) is 1.23. The van der Waals surface area contributed by atoms with Crippen molar-refractivity contribution >= 4 is 11.7 Å². The zero-order valence-electron chi connectivity index (χ0n) is 6.26. The van der Waals surface area contributed by atoms with E-state index in [0.29, 0.717) is 5.82 Å². The number of aromatic amines is 1. The molecule has 1 amide bonds. The van der Waals surface area contributed by atoms with Crippen LogP contribution in [-0.4, -0.2) is 31.7 Å². The summed E-state index contributed by atoms with van der Waals surface area (Å²) in [5, 5.41) is 18.2. The lowest BCUT2D eigenvalue weighted by molar-refractivity contribution is 0.101. The number of carbonyl (C=O) groups excluding carboxylic acids is 1. The predicted octanol–water partition coefficient (Wildman–Crippen LogP) is -0.560. The summed E-state index contributed by atoms with van der Waals surface area (Å²) in [4.78, 5) is 11.2. The first-order valence-corrected chi connectivity index (χ1v) is 3.31. The van der Waals surface area contributed by atoms with E-state index in [4.69, 9.17) is 0 Å². The van der Waals surface area contributed by atoms with E-state index in [1.165, 1.54) is 12.3 Å². The van der Waals surface area contributed by atoms with Gasteiger partial charge in [0.05, 0.1) is 0 Å². The minimum atomic E-state index is -0.498. The zero-order chi connectivity index (χ0) is 9.10. The predicted molar refractivity (Wildman–Crippen MR) is 38.6 cm³/mol. The van der Waals surface area contributed by atoms with E-state index in [-0.39, 0.29) is 5.82 Å². The molecule has 0 aromatic carbocycles. The number of hydrogen-bond donors (Lipinski definition) is 2. The Bertz CT molecular complexity index is 379. The quantitative estimate of drug-likeness (QED) is 0.640. The van der Waals surface area contributed by atoms with Gasteiger partial charge in [-0.3, -0.25) is 4.79 Å². The van der Waals surface area contributed by atoms with Gasteiger partial charge in [-0.1, -0.05) is 5.16 Å². The Morgan fingerprint density at radius 3 is 3.15 bits per heavy atom. The molecule has 0 unspecified atom stereocenters. The van der Waals surface area contributed by atoms with Gasteiger partial charge in [-0.2, -0.15) is 5.21 Å². The maximum Gasteiger partial charge on any atom is 0.298 e. The van der Waals surface area contributed by atoms with Gasteiger partial charge in [0, 0.05) is 6.07 Å². The van der Waals surface area contributed by atoms with Gasteiger partial charge in [0.15, 0.2) is 5.82 Å². The maximum absolute atomic E-state index is 11.2. The average Bonchev–Trinajstić information content (AvgIpc) is 2.74. The fraction of sp³-hybridized carbons (Fsp3) is 0. The van der Waals surface area contributed by atoms with Crippen LogP contribution in [0, 0.1) is 0 Å². The molecule has 0 fully saturated rings. The Kier molecular flexibility index (Phi) is 1.71. The molecular formula is C5H4N6O2. The van der Waals surface area contributed by atoms with Crippen molar-refractivity contribution in [2.75, 3.05) is 5.32 Å². The third kappa shape index (κ3) is 1.50. The number of nitrogens with zero attached hydrogens (tertiary/aromatic N) is 4. The number of aromatic nitrogens is 5. The number of rotatable bonds is 2. The highest BCUT2D eigenvalue weighted by Crippen LogP contribution is 2.01. The summed E-state index contributed by atoms with van der Waals surface area (Å²) in [6, 6.07) is 1.50. The summed E-state index contributed by atoms with van der Waals surface area (Å²) in [6.45, 7) is 0. The van der Waals surface area contributed by atoms with E-state index in [0.717, 1.165) is 0 Å². The van der Waals surface area contributed by atoms with Gasteiger partial charge >= 0.3 is 0 Å². The zero-order valence-corrected chi connectivity index (χ0v) is 6.26. The summed E-state index contributed by atoms with van der Waals surface area (Å²) in [6.07, 6.45) is 1.34. The Balaban J connectivity index is 2.08. The molecule has 0 saturated heterocycles. The molecule has 2 aromatic rings. The van der Waals surface area contributed by atoms with Crippen molar-refractivity contribution in [2.45, 2.75) is 0 Å². The first-order valence-electron chi connectivity index (χ1n) is 3.31. The number of tetrazole rings is 1. The van der Waals surface area contributed by atoms with Crippen LogP contribution in [0.15, 0.2) is 16.9 Å². The molecule has 0 saturated carbocycles. The molecule has 0 aliphatic heterocycles. The Morgan fingerprint density at radius 1 is 1.62 bits per heavy atom. The van der Waals surface area contributed by atoms with Crippen LogP contribution in [0.3, 0.4) is 0 Å². The molecule has 66 valence electrons. The molecule has 2 N–H and O–H groups in total. The minimum absolute atomic E-state index is 0.0528. The number of anilines is 1. The van der Waals surface area contributed by atoms with Gasteiger partial charge in [-0.15, -0.1) is 10.2 Å². The van der Waals surface area contributed by atoms with Crippen LogP contribution in [0.5, 0.6) is 0 Å². The molecule has 0 aliphatic carbocycles. The van der Waals surface area contributed by atoms with Crippen molar-refractivity contribution in [3.63, 3.8) is 0 Å². The van der Waals surface area contributed by atoms with Crippen molar-refractivity contribution in [3.8, 4) is 0 Å². The van der Waals surface area contributed by atoms with E-state index in [9.17, 15) is 4.79 Å². The highest BCUT2D eigenvalue weighted by Gasteiger charge is 2.11. The molecule has 0 aliphatic rings.